The lowest BCUT2D eigenvalue weighted by atomic mass is 9.33. The van der Waals surface area contributed by atoms with Crippen molar-refractivity contribution in [2.24, 2.45) is 50.2 Å². The van der Waals surface area contributed by atoms with Gasteiger partial charge in [0.25, 0.3) is 0 Å². The highest BCUT2D eigenvalue weighted by molar-refractivity contribution is 5.76. The molecule has 8 aliphatic rings. The Morgan fingerprint density at radius 3 is 2.06 bits per heavy atom. The van der Waals surface area contributed by atoms with Gasteiger partial charge in [-0.05, 0) is 116 Å². The van der Waals surface area contributed by atoms with Crippen molar-refractivity contribution in [3.63, 3.8) is 0 Å². The van der Waals surface area contributed by atoms with Gasteiger partial charge >= 0.3 is 5.97 Å². The van der Waals surface area contributed by atoms with Gasteiger partial charge in [0.15, 0.2) is 18.9 Å². The maximum absolute atomic E-state index is 13.1. The molecule has 3 saturated heterocycles. The summed E-state index contributed by atoms with van der Waals surface area (Å²) in [5.41, 5.74) is 0.208. The molecule has 360 valence electrons. The van der Waals surface area contributed by atoms with E-state index in [1.807, 2.05) is 0 Å². The van der Waals surface area contributed by atoms with Crippen LogP contribution in [0, 0.1) is 50.2 Å². The Morgan fingerprint density at radius 2 is 1.38 bits per heavy atom. The van der Waals surface area contributed by atoms with Crippen molar-refractivity contribution in [1.82, 2.24) is 0 Å². The van der Waals surface area contributed by atoms with E-state index in [1.165, 1.54) is 12.5 Å². The maximum Gasteiger partial charge on any atom is 0.310 e. The minimum Gasteiger partial charge on any atom is -0.481 e. The van der Waals surface area contributed by atoms with E-state index in [4.69, 9.17) is 28.4 Å². The summed E-state index contributed by atoms with van der Waals surface area (Å²) in [5, 5.41) is 96.4. The van der Waals surface area contributed by atoms with E-state index in [0.717, 1.165) is 51.4 Å². The predicted octanol–water partition coefficient (Wildman–Crippen LogP) is 2.37. The Hall–Kier alpha value is -1.35. The van der Waals surface area contributed by atoms with Gasteiger partial charge in [0, 0.05) is 0 Å². The third-order valence-electron chi connectivity index (χ3n) is 18.9. The molecule has 0 unspecified atom stereocenters. The smallest absolute Gasteiger partial charge is 0.310 e. The average Bonchev–Trinajstić information content (AvgIpc) is 3.21. The second-order valence-corrected chi connectivity index (χ2v) is 23.0. The molecule has 22 atom stereocenters. The molecule has 5 aliphatic carbocycles. The van der Waals surface area contributed by atoms with Crippen molar-refractivity contribution < 1.29 is 79.2 Å². The van der Waals surface area contributed by atoms with Crippen LogP contribution in [0.1, 0.15) is 120 Å². The summed E-state index contributed by atoms with van der Waals surface area (Å²) in [7, 11) is 0. The van der Waals surface area contributed by atoms with Gasteiger partial charge in [0.1, 0.15) is 61.0 Å². The number of aliphatic hydroxyl groups excluding tert-OH is 8. The normalized spacial score (nSPS) is 54.1. The molecule has 8 rings (SSSR count). The Kier molecular flexibility index (Phi) is 12.8. The van der Waals surface area contributed by atoms with Gasteiger partial charge < -0.3 is 74.4 Å². The number of aliphatic carboxylic acids is 1. The molecule has 7 fully saturated rings. The lowest BCUT2D eigenvalue weighted by Crippen LogP contribution is -2.66. The van der Waals surface area contributed by atoms with Gasteiger partial charge in [-0.3, -0.25) is 4.79 Å². The second kappa shape index (κ2) is 16.7. The number of aliphatic hydroxyl groups is 8. The zero-order chi connectivity index (χ0) is 46.0. The molecule has 16 nitrogen and oxygen atoms in total. The first-order valence-electron chi connectivity index (χ1n) is 23.6. The van der Waals surface area contributed by atoms with Crippen LogP contribution in [0.3, 0.4) is 0 Å². The molecule has 4 saturated carbocycles. The fraction of sp³-hybridized carbons (Fsp3) is 0.936. The van der Waals surface area contributed by atoms with Crippen molar-refractivity contribution in [1.29, 1.82) is 0 Å². The van der Waals surface area contributed by atoms with E-state index in [9.17, 15) is 50.8 Å². The van der Waals surface area contributed by atoms with Crippen molar-refractivity contribution in [2.75, 3.05) is 13.2 Å². The van der Waals surface area contributed by atoms with Crippen LogP contribution in [-0.4, -0.2) is 157 Å². The Bertz CT molecular complexity index is 1720. The first kappa shape index (κ1) is 48.1. The molecule has 0 aromatic rings. The van der Waals surface area contributed by atoms with Gasteiger partial charge in [0.05, 0.1) is 30.8 Å². The van der Waals surface area contributed by atoms with Crippen LogP contribution in [0.5, 0.6) is 0 Å². The van der Waals surface area contributed by atoms with Gasteiger partial charge in [-0.2, -0.15) is 0 Å². The summed E-state index contributed by atoms with van der Waals surface area (Å²) in [6.45, 7) is 17.0. The van der Waals surface area contributed by atoms with Crippen molar-refractivity contribution in [2.45, 2.75) is 212 Å². The summed E-state index contributed by atoms with van der Waals surface area (Å²) < 4.78 is 36.3. The van der Waals surface area contributed by atoms with Crippen LogP contribution in [0.15, 0.2) is 11.6 Å². The molecule has 0 aromatic carbocycles. The van der Waals surface area contributed by atoms with Crippen molar-refractivity contribution >= 4 is 5.97 Å². The number of carboxylic acid groups (broad SMARTS) is 1. The number of ether oxygens (including phenoxy) is 6. The molecule has 16 heteroatoms. The number of hydrogen-bond acceptors (Lipinski definition) is 15. The monoisotopic (exact) mass is 897 g/mol. The van der Waals surface area contributed by atoms with Crippen LogP contribution >= 0.6 is 0 Å². The van der Waals surface area contributed by atoms with Gasteiger partial charge in [-0.15, -0.1) is 0 Å². The van der Waals surface area contributed by atoms with Gasteiger partial charge in [-0.1, -0.05) is 60.1 Å². The molecule has 3 heterocycles. The lowest BCUT2D eigenvalue weighted by molar-refractivity contribution is -0.382. The van der Waals surface area contributed by atoms with Crippen LogP contribution in [0.25, 0.3) is 0 Å². The average molecular weight is 897 g/mol. The highest BCUT2D eigenvalue weighted by Gasteiger charge is 2.70. The summed E-state index contributed by atoms with van der Waals surface area (Å²) in [5.74, 6) is 0.0213. The highest BCUT2D eigenvalue weighted by Crippen LogP contribution is 2.76. The quantitative estimate of drug-likeness (QED) is 0.125. The lowest BCUT2D eigenvalue weighted by Gasteiger charge is -2.71. The third-order valence-corrected chi connectivity index (χ3v) is 18.9. The van der Waals surface area contributed by atoms with Crippen molar-refractivity contribution in [3.8, 4) is 0 Å². The summed E-state index contributed by atoms with van der Waals surface area (Å²) >= 11 is 0. The van der Waals surface area contributed by atoms with E-state index in [-0.39, 0.29) is 51.6 Å². The number of carboxylic acids is 1. The van der Waals surface area contributed by atoms with E-state index in [1.54, 1.807) is 0 Å². The maximum atomic E-state index is 13.1. The molecule has 3 aliphatic heterocycles. The number of fused-ring (bicyclic) bond motifs is 7. The van der Waals surface area contributed by atoms with Crippen molar-refractivity contribution in [3.05, 3.63) is 11.6 Å². The topological polar surface area (TPSA) is 255 Å². The Labute approximate surface area is 371 Å². The number of allylic oxidation sites excluding steroid dienone is 2. The predicted molar refractivity (Wildman–Crippen MR) is 223 cm³/mol. The Morgan fingerprint density at radius 1 is 0.714 bits per heavy atom. The zero-order valence-electron chi connectivity index (χ0n) is 38.3. The van der Waals surface area contributed by atoms with Crippen LogP contribution in [0.2, 0.25) is 0 Å². The number of carbonyl (C=O) groups is 1. The molecule has 63 heavy (non-hydrogen) atoms. The fourth-order valence-corrected chi connectivity index (χ4v) is 14.8. The SMILES string of the molecule is C[C@@H]1O[C@H](O[C@@H]2[C@H](O[C@@H]3CC[C@@]4(C)[C@H](CC[C@]5(C)[C@@H]4CC=C4[C@H]6CC(C)(C)CC[C@@]6(C(=O)O)CC[C@@]45C)C3(C)C)OC[C@H](O)[C@@H]2O)[C@H](O)[C@@H](O[C@H]2O[C@@H](CO)[C@H](O)[C@@H](O)[C@@H]2O)[C@@H]1O. The molecule has 0 bridgehead atoms. The molecule has 0 radical (unpaired) electrons. The first-order chi connectivity index (χ1) is 29.4. The second-order valence-electron chi connectivity index (χ2n) is 23.0. The summed E-state index contributed by atoms with van der Waals surface area (Å²) in [4.78, 5) is 13.1. The molecular formula is C47H76O16. The Balaban J connectivity index is 0.999. The minimum atomic E-state index is -1.80. The van der Waals surface area contributed by atoms with E-state index in [2.05, 4.69) is 54.5 Å². The highest BCUT2D eigenvalue weighted by atomic mass is 16.8. The van der Waals surface area contributed by atoms with Crippen LogP contribution < -0.4 is 0 Å². The number of rotatable bonds is 8. The largest absolute Gasteiger partial charge is 0.481 e. The standard InChI is InChI=1S/C47H76O16/c1-22-30(50)36(62-38-34(54)33(53)32(52)26(20-48)60-38)35(55)39(59-22)63-37-31(51)25(49)21-58-40(37)61-29-12-13-44(6)27(43(29,4)5)11-14-46(8)28(44)10-9-23-24-19-42(2,3)15-17-47(24,41(56)57)18-16-45(23,46)7/h9,22,24-40,48-55H,10-21H2,1-8H3,(H,56,57)/t22-,24+,25-,26-,27+,28+,29+,30+,31-,32-,33+,34-,35+,36-,37-,38+,39+,40-,44-,45-,46+,47+/m0/s1. The van der Waals surface area contributed by atoms with Crippen LogP contribution in [0.4, 0.5) is 0 Å². The molecule has 0 amide bonds. The van der Waals surface area contributed by atoms with Gasteiger partial charge in [0.2, 0.25) is 0 Å². The first-order valence-corrected chi connectivity index (χ1v) is 23.6. The minimum absolute atomic E-state index is 0.0278. The van der Waals surface area contributed by atoms with E-state index >= 15 is 0 Å². The molecule has 0 spiro atoms. The zero-order valence-corrected chi connectivity index (χ0v) is 38.3. The summed E-state index contributed by atoms with van der Waals surface area (Å²) in [6.07, 6.45) is -10.3. The van der Waals surface area contributed by atoms with E-state index in [0.29, 0.717) is 18.8 Å². The third kappa shape index (κ3) is 7.51. The molecular weight excluding hydrogens is 821 g/mol. The van der Waals surface area contributed by atoms with E-state index < -0.39 is 104 Å². The van der Waals surface area contributed by atoms with Gasteiger partial charge in [-0.25, -0.2) is 0 Å². The fourth-order valence-electron chi connectivity index (χ4n) is 14.8. The van der Waals surface area contributed by atoms with Crippen LogP contribution in [-0.2, 0) is 33.2 Å². The summed E-state index contributed by atoms with van der Waals surface area (Å²) in [6, 6.07) is 0. The molecule has 9 N–H and O–H groups in total. The molecule has 0 aromatic heterocycles. The number of hydrogen-bond donors (Lipinski definition) is 9.